The lowest BCUT2D eigenvalue weighted by atomic mass is 10.2. The number of nitrogens with one attached hydrogen (secondary N) is 3. The molecule has 2 rings (SSSR count). The highest BCUT2D eigenvalue weighted by Gasteiger charge is 2.06. The van der Waals surface area contributed by atoms with Gasteiger partial charge in [-0.25, -0.2) is 15.3 Å². The van der Waals surface area contributed by atoms with Crippen LogP contribution in [0.25, 0.3) is 0 Å². The second-order valence-corrected chi connectivity index (χ2v) is 4.68. The number of aryl methyl sites for hydroxylation is 1. The zero-order chi connectivity index (χ0) is 15.9. The molecule has 0 aliphatic rings. The number of hydrogen-bond acceptors (Lipinski definition) is 5. The first-order valence-corrected chi connectivity index (χ1v) is 6.68. The Kier molecular flexibility index (Phi) is 5.21. The normalized spacial score (nSPS) is 10.8. The van der Waals surface area contributed by atoms with E-state index >= 15 is 0 Å². The summed E-state index contributed by atoms with van der Waals surface area (Å²) >= 11 is 5.93. The van der Waals surface area contributed by atoms with Gasteiger partial charge in [-0.1, -0.05) is 29.8 Å². The number of carbonyl (C=O) groups is 1. The molecule has 0 atom stereocenters. The van der Waals surface area contributed by atoms with Gasteiger partial charge in [0.25, 0.3) is 5.56 Å². The van der Waals surface area contributed by atoms with Crippen molar-refractivity contribution in [3.05, 3.63) is 61.4 Å². The van der Waals surface area contributed by atoms with Crippen LogP contribution in [0.4, 0.5) is 0 Å². The molecule has 0 radical (unpaired) electrons. The molecule has 0 bridgehead atoms. The summed E-state index contributed by atoms with van der Waals surface area (Å²) in [5.41, 5.74) is 1.76. The number of rotatable bonds is 5. The molecule has 1 heterocycles. The van der Waals surface area contributed by atoms with Gasteiger partial charge in [0.05, 0.1) is 6.21 Å². The highest BCUT2D eigenvalue weighted by atomic mass is 35.5. The highest BCUT2D eigenvalue weighted by molar-refractivity contribution is 6.33. The van der Waals surface area contributed by atoms with Crippen molar-refractivity contribution in [2.24, 2.45) is 5.10 Å². The van der Waals surface area contributed by atoms with Crippen LogP contribution in [-0.4, -0.2) is 27.3 Å². The largest absolute Gasteiger partial charge is 0.342 e. The van der Waals surface area contributed by atoms with Gasteiger partial charge in [0, 0.05) is 23.4 Å². The molecule has 1 aromatic heterocycles. The summed E-state index contributed by atoms with van der Waals surface area (Å²) in [4.78, 5) is 35.8. The Morgan fingerprint density at radius 1 is 1.36 bits per heavy atom. The van der Waals surface area contributed by atoms with E-state index in [1.54, 1.807) is 24.3 Å². The number of amides is 1. The number of aromatic amines is 2. The van der Waals surface area contributed by atoms with E-state index in [4.69, 9.17) is 11.6 Å². The van der Waals surface area contributed by atoms with Gasteiger partial charge < -0.3 is 0 Å². The fraction of sp³-hybridized carbons (Fsp3) is 0.154. The maximum Gasteiger partial charge on any atom is 0.342 e. The summed E-state index contributed by atoms with van der Waals surface area (Å²) in [7, 11) is 0. The molecule has 9 heteroatoms. The van der Waals surface area contributed by atoms with E-state index in [-0.39, 0.29) is 18.5 Å². The first-order chi connectivity index (χ1) is 10.6. The molecule has 0 saturated carbocycles. The van der Waals surface area contributed by atoms with Gasteiger partial charge in [0.1, 0.15) is 5.69 Å². The van der Waals surface area contributed by atoms with Gasteiger partial charge in [0.15, 0.2) is 0 Å². The van der Waals surface area contributed by atoms with Crippen LogP contribution in [0.15, 0.2) is 39.0 Å². The second-order valence-electron chi connectivity index (χ2n) is 4.27. The molecule has 2 aromatic rings. The van der Waals surface area contributed by atoms with E-state index in [1.165, 1.54) is 6.21 Å². The van der Waals surface area contributed by atoms with Crippen molar-refractivity contribution in [3.8, 4) is 0 Å². The minimum atomic E-state index is -0.692. The fourth-order valence-electron chi connectivity index (χ4n) is 1.58. The predicted octanol–water partition coefficient (Wildman–Crippen LogP) is 0.195. The molecule has 3 N–H and O–H groups in total. The minimum Gasteiger partial charge on any atom is -0.273 e. The molecule has 0 unspecified atom stereocenters. The molecule has 22 heavy (non-hydrogen) atoms. The van der Waals surface area contributed by atoms with Gasteiger partial charge in [-0.05, 0) is 6.07 Å². The maximum atomic E-state index is 11.6. The summed E-state index contributed by atoms with van der Waals surface area (Å²) in [6.07, 6.45) is 1.51. The lowest BCUT2D eigenvalue weighted by Crippen LogP contribution is -2.28. The molecule has 0 aliphatic heterocycles. The van der Waals surface area contributed by atoms with Gasteiger partial charge in [-0.3, -0.25) is 14.6 Å². The van der Waals surface area contributed by atoms with Gasteiger partial charge >= 0.3 is 5.69 Å². The van der Waals surface area contributed by atoms with Crippen molar-refractivity contribution in [1.82, 2.24) is 20.6 Å². The number of halogens is 1. The molecular formula is C13H12ClN5O3. The van der Waals surface area contributed by atoms with E-state index in [1.807, 2.05) is 4.98 Å². The third-order valence-corrected chi connectivity index (χ3v) is 3.01. The van der Waals surface area contributed by atoms with E-state index in [9.17, 15) is 14.4 Å². The maximum absolute atomic E-state index is 11.6. The Morgan fingerprint density at radius 2 is 2.14 bits per heavy atom. The Bertz CT molecular complexity index is 812. The monoisotopic (exact) mass is 321 g/mol. The molecule has 0 saturated heterocycles. The first-order valence-electron chi connectivity index (χ1n) is 6.30. The lowest BCUT2D eigenvalue weighted by Gasteiger charge is -2.00. The molecule has 1 aromatic carbocycles. The van der Waals surface area contributed by atoms with E-state index in [2.05, 4.69) is 20.7 Å². The van der Waals surface area contributed by atoms with Crippen molar-refractivity contribution in [3.63, 3.8) is 0 Å². The molecule has 8 nitrogen and oxygen atoms in total. The fourth-order valence-corrected chi connectivity index (χ4v) is 1.77. The van der Waals surface area contributed by atoms with Crippen molar-refractivity contribution in [2.45, 2.75) is 12.8 Å². The molecule has 114 valence electrons. The first kappa shape index (κ1) is 15.6. The third kappa shape index (κ3) is 4.38. The van der Waals surface area contributed by atoms with Gasteiger partial charge in [-0.2, -0.15) is 10.2 Å². The Hall–Kier alpha value is -2.74. The van der Waals surface area contributed by atoms with Crippen molar-refractivity contribution in [2.75, 3.05) is 0 Å². The summed E-state index contributed by atoms with van der Waals surface area (Å²) in [5.74, 6) is -0.393. The quantitative estimate of drug-likeness (QED) is 0.538. The van der Waals surface area contributed by atoms with Crippen LogP contribution in [-0.2, 0) is 11.2 Å². The van der Waals surface area contributed by atoms with E-state index < -0.39 is 17.2 Å². The number of carbonyl (C=O) groups excluding carboxylic acids is 1. The van der Waals surface area contributed by atoms with Crippen molar-refractivity contribution < 1.29 is 4.79 Å². The van der Waals surface area contributed by atoms with Crippen LogP contribution in [0.1, 0.15) is 17.7 Å². The van der Waals surface area contributed by atoms with Gasteiger partial charge in [-0.15, -0.1) is 0 Å². The van der Waals surface area contributed by atoms with Crippen LogP contribution >= 0.6 is 11.6 Å². The number of nitrogens with zero attached hydrogens (tertiary/aromatic N) is 2. The SMILES string of the molecule is O=C(CCc1n[nH]c(=O)[nH]c1=O)N/N=C/c1ccccc1Cl. The van der Waals surface area contributed by atoms with Crippen LogP contribution in [0.5, 0.6) is 0 Å². The molecular weight excluding hydrogens is 310 g/mol. The van der Waals surface area contributed by atoms with Crippen LogP contribution in [0.3, 0.4) is 0 Å². The van der Waals surface area contributed by atoms with Crippen molar-refractivity contribution in [1.29, 1.82) is 0 Å². The Morgan fingerprint density at radius 3 is 2.86 bits per heavy atom. The summed E-state index contributed by atoms with van der Waals surface area (Å²) < 4.78 is 0. The summed E-state index contributed by atoms with van der Waals surface area (Å²) in [5, 5.41) is 9.97. The third-order valence-electron chi connectivity index (χ3n) is 2.67. The Labute approximate surface area is 129 Å². The molecule has 0 fully saturated rings. The predicted molar refractivity (Wildman–Crippen MR) is 81.0 cm³/mol. The smallest absolute Gasteiger partial charge is 0.273 e. The van der Waals surface area contributed by atoms with Crippen LogP contribution in [0, 0.1) is 0 Å². The number of hydrogen-bond donors (Lipinski definition) is 3. The van der Waals surface area contributed by atoms with Crippen molar-refractivity contribution >= 4 is 23.7 Å². The lowest BCUT2D eigenvalue weighted by molar-refractivity contribution is -0.121. The van der Waals surface area contributed by atoms with Crippen LogP contribution < -0.4 is 16.7 Å². The summed E-state index contributed by atoms with van der Waals surface area (Å²) in [6.45, 7) is 0. The van der Waals surface area contributed by atoms with Gasteiger partial charge in [0.2, 0.25) is 5.91 Å². The average molecular weight is 322 g/mol. The summed E-state index contributed by atoms with van der Waals surface area (Å²) in [6, 6.07) is 7.04. The zero-order valence-electron chi connectivity index (χ0n) is 11.3. The second kappa shape index (κ2) is 7.32. The zero-order valence-corrected chi connectivity index (χ0v) is 12.1. The number of hydrazone groups is 1. The highest BCUT2D eigenvalue weighted by Crippen LogP contribution is 2.11. The van der Waals surface area contributed by atoms with E-state index in [0.29, 0.717) is 10.6 Å². The van der Waals surface area contributed by atoms with E-state index in [0.717, 1.165) is 0 Å². The topological polar surface area (TPSA) is 120 Å². The molecule has 0 aliphatic carbocycles. The number of H-pyrrole nitrogens is 2. The molecule has 0 spiro atoms. The number of benzene rings is 1. The van der Waals surface area contributed by atoms with Crippen LogP contribution in [0.2, 0.25) is 5.02 Å². The number of aromatic nitrogens is 3. The minimum absolute atomic E-state index is 0.00197. The standard InChI is InChI=1S/C13H12ClN5O3/c14-9-4-2-1-3-8(9)7-15-18-11(20)6-5-10-12(21)16-13(22)19-17-10/h1-4,7H,5-6H2,(H,18,20)(H2,16,19,21,22)/b15-7+. The Balaban J connectivity index is 1.87. The molecule has 1 amide bonds. The average Bonchev–Trinajstić information content (AvgIpc) is 2.48.